The van der Waals surface area contributed by atoms with E-state index < -0.39 is 5.97 Å². The predicted octanol–water partition coefficient (Wildman–Crippen LogP) is 3.64. The number of rotatable bonds is 6. The van der Waals surface area contributed by atoms with Crippen molar-refractivity contribution in [2.75, 3.05) is 6.54 Å². The van der Waals surface area contributed by atoms with E-state index >= 15 is 0 Å². The van der Waals surface area contributed by atoms with Gasteiger partial charge in [0.2, 0.25) is 0 Å². The quantitative estimate of drug-likeness (QED) is 0.806. The van der Waals surface area contributed by atoms with Crippen LogP contribution >= 0.6 is 0 Å². The lowest BCUT2D eigenvalue weighted by Crippen LogP contribution is -2.41. The molecular formula is C17H25NO2. The van der Waals surface area contributed by atoms with Gasteiger partial charge in [-0.1, -0.05) is 50.5 Å². The van der Waals surface area contributed by atoms with E-state index in [1.165, 1.54) is 24.8 Å². The lowest BCUT2D eigenvalue weighted by molar-refractivity contribution is -0.139. The SMILES string of the molecule is CCCCCC(C)N1Cc2ccccc2C(C(=O)O)C1. The number of benzene rings is 1. The summed E-state index contributed by atoms with van der Waals surface area (Å²) in [6.45, 7) is 5.96. The molecule has 0 fully saturated rings. The molecule has 1 aliphatic rings. The molecule has 0 amide bonds. The van der Waals surface area contributed by atoms with Gasteiger partial charge in [-0.3, -0.25) is 9.69 Å². The average molecular weight is 275 g/mol. The first kappa shape index (κ1) is 15.0. The molecule has 2 unspecified atom stereocenters. The molecule has 1 aromatic rings. The van der Waals surface area contributed by atoms with Crippen LogP contribution in [0, 0.1) is 0 Å². The van der Waals surface area contributed by atoms with Gasteiger partial charge in [0, 0.05) is 19.1 Å². The third kappa shape index (κ3) is 3.40. The van der Waals surface area contributed by atoms with E-state index in [4.69, 9.17) is 0 Å². The van der Waals surface area contributed by atoms with Crippen molar-refractivity contribution in [1.82, 2.24) is 4.90 Å². The normalized spacial score (nSPS) is 20.4. The highest BCUT2D eigenvalue weighted by molar-refractivity contribution is 5.77. The summed E-state index contributed by atoms with van der Waals surface area (Å²) in [5.41, 5.74) is 2.17. The number of carboxylic acid groups (broad SMARTS) is 1. The van der Waals surface area contributed by atoms with E-state index in [-0.39, 0.29) is 5.92 Å². The Hall–Kier alpha value is -1.35. The first-order valence-electron chi connectivity index (χ1n) is 7.68. The molecule has 1 aromatic carbocycles. The molecule has 3 heteroatoms. The molecule has 2 atom stereocenters. The minimum absolute atomic E-state index is 0.381. The number of hydrogen-bond donors (Lipinski definition) is 1. The van der Waals surface area contributed by atoms with Crippen LogP contribution in [0.2, 0.25) is 0 Å². The molecule has 0 saturated carbocycles. The molecule has 0 spiro atoms. The van der Waals surface area contributed by atoms with Crippen LogP contribution in [0.15, 0.2) is 24.3 Å². The smallest absolute Gasteiger partial charge is 0.312 e. The Labute approximate surface area is 121 Å². The summed E-state index contributed by atoms with van der Waals surface area (Å²) in [4.78, 5) is 13.8. The lowest BCUT2D eigenvalue weighted by atomic mass is 9.88. The molecule has 1 N–H and O–H groups in total. The molecule has 110 valence electrons. The Balaban J connectivity index is 2.09. The van der Waals surface area contributed by atoms with Crippen molar-refractivity contribution in [3.05, 3.63) is 35.4 Å². The van der Waals surface area contributed by atoms with Crippen molar-refractivity contribution >= 4 is 5.97 Å². The van der Waals surface area contributed by atoms with Gasteiger partial charge in [0.05, 0.1) is 5.92 Å². The van der Waals surface area contributed by atoms with E-state index in [2.05, 4.69) is 24.8 Å². The fourth-order valence-corrected chi connectivity index (χ4v) is 3.05. The van der Waals surface area contributed by atoms with Gasteiger partial charge < -0.3 is 5.11 Å². The van der Waals surface area contributed by atoms with E-state index in [0.29, 0.717) is 12.6 Å². The third-order valence-corrected chi connectivity index (χ3v) is 4.37. The lowest BCUT2D eigenvalue weighted by Gasteiger charge is -2.36. The van der Waals surface area contributed by atoms with Gasteiger partial charge in [0.25, 0.3) is 0 Å². The molecule has 0 radical (unpaired) electrons. The van der Waals surface area contributed by atoms with Crippen LogP contribution in [0.25, 0.3) is 0 Å². The summed E-state index contributed by atoms with van der Waals surface area (Å²) in [5.74, 6) is -1.09. The largest absolute Gasteiger partial charge is 0.481 e. The van der Waals surface area contributed by atoms with Crippen molar-refractivity contribution in [2.24, 2.45) is 0 Å². The van der Waals surface area contributed by atoms with Crippen LogP contribution in [0.5, 0.6) is 0 Å². The van der Waals surface area contributed by atoms with Crippen LogP contribution in [0.1, 0.15) is 56.6 Å². The summed E-state index contributed by atoms with van der Waals surface area (Å²) in [6.07, 6.45) is 4.88. The second kappa shape index (κ2) is 6.89. The van der Waals surface area contributed by atoms with Gasteiger partial charge in [-0.15, -0.1) is 0 Å². The zero-order valence-corrected chi connectivity index (χ0v) is 12.5. The summed E-state index contributed by atoms with van der Waals surface area (Å²) in [6, 6.07) is 8.43. The van der Waals surface area contributed by atoms with Gasteiger partial charge in [-0.25, -0.2) is 0 Å². The van der Waals surface area contributed by atoms with Crippen molar-refractivity contribution < 1.29 is 9.90 Å². The molecule has 0 aliphatic carbocycles. The zero-order chi connectivity index (χ0) is 14.5. The van der Waals surface area contributed by atoms with Crippen LogP contribution < -0.4 is 0 Å². The second-order valence-electron chi connectivity index (χ2n) is 5.86. The van der Waals surface area contributed by atoms with Gasteiger partial charge in [-0.2, -0.15) is 0 Å². The topological polar surface area (TPSA) is 40.5 Å². The van der Waals surface area contributed by atoms with Gasteiger partial charge in [-0.05, 0) is 24.5 Å². The molecule has 0 aromatic heterocycles. The summed E-state index contributed by atoms with van der Waals surface area (Å²) >= 11 is 0. The Bertz CT molecular complexity index is 458. The van der Waals surface area contributed by atoms with Crippen LogP contribution in [0.4, 0.5) is 0 Å². The average Bonchev–Trinajstić information content (AvgIpc) is 2.46. The molecule has 1 heterocycles. The Morgan fingerprint density at radius 1 is 1.40 bits per heavy atom. The van der Waals surface area contributed by atoms with Crippen LogP contribution in [0.3, 0.4) is 0 Å². The maximum atomic E-state index is 11.5. The van der Waals surface area contributed by atoms with Crippen molar-refractivity contribution in [1.29, 1.82) is 0 Å². The maximum absolute atomic E-state index is 11.5. The highest BCUT2D eigenvalue weighted by Crippen LogP contribution is 2.30. The Kier molecular flexibility index (Phi) is 5.18. The molecule has 1 aliphatic heterocycles. The zero-order valence-electron chi connectivity index (χ0n) is 12.5. The molecule has 20 heavy (non-hydrogen) atoms. The van der Waals surface area contributed by atoms with Crippen LogP contribution in [-0.4, -0.2) is 28.6 Å². The molecule has 2 rings (SSSR count). The molecule has 0 bridgehead atoms. The summed E-state index contributed by atoms with van der Waals surface area (Å²) in [7, 11) is 0. The minimum atomic E-state index is -0.706. The molecule has 0 saturated heterocycles. The number of aliphatic carboxylic acids is 1. The third-order valence-electron chi connectivity index (χ3n) is 4.37. The van der Waals surface area contributed by atoms with E-state index in [1.807, 2.05) is 18.2 Å². The van der Waals surface area contributed by atoms with Crippen LogP contribution in [-0.2, 0) is 11.3 Å². The van der Waals surface area contributed by atoms with Gasteiger partial charge in [0.1, 0.15) is 0 Å². The first-order valence-corrected chi connectivity index (χ1v) is 7.68. The number of carbonyl (C=O) groups is 1. The number of hydrogen-bond acceptors (Lipinski definition) is 2. The maximum Gasteiger partial charge on any atom is 0.312 e. The highest BCUT2D eigenvalue weighted by Gasteiger charge is 2.31. The number of carboxylic acids is 1. The standard InChI is InChI=1S/C17H25NO2/c1-3-4-5-8-13(2)18-11-14-9-6-7-10-15(14)16(12-18)17(19)20/h6-7,9-10,13,16H,3-5,8,11-12H2,1-2H3,(H,19,20). The van der Waals surface area contributed by atoms with E-state index in [0.717, 1.165) is 18.5 Å². The van der Waals surface area contributed by atoms with Gasteiger partial charge in [0.15, 0.2) is 0 Å². The summed E-state index contributed by atoms with van der Waals surface area (Å²) in [5, 5.41) is 9.47. The Morgan fingerprint density at radius 3 is 2.85 bits per heavy atom. The fraction of sp³-hybridized carbons (Fsp3) is 0.588. The van der Waals surface area contributed by atoms with Gasteiger partial charge >= 0.3 is 5.97 Å². The van der Waals surface area contributed by atoms with E-state index in [1.54, 1.807) is 0 Å². The summed E-state index contributed by atoms with van der Waals surface area (Å²) < 4.78 is 0. The monoisotopic (exact) mass is 275 g/mol. The molecular weight excluding hydrogens is 250 g/mol. The molecule has 3 nitrogen and oxygen atoms in total. The van der Waals surface area contributed by atoms with Crippen molar-refractivity contribution in [3.8, 4) is 0 Å². The van der Waals surface area contributed by atoms with Crippen molar-refractivity contribution in [3.63, 3.8) is 0 Å². The first-order chi connectivity index (χ1) is 9.63. The minimum Gasteiger partial charge on any atom is -0.481 e. The Morgan fingerprint density at radius 2 is 2.15 bits per heavy atom. The predicted molar refractivity (Wildman–Crippen MR) is 80.8 cm³/mol. The van der Waals surface area contributed by atoms with Crippen molar-refractivity contribution in [2.45, 2.75) is 58.0 Å². The number of unbranched alkanes of at least 4 members (excludes halogenated alkanes) is 2. The second-order valence-corrected chi connectivity index (χ2v) is 5.86. The number of nitrogens with zero attached hydrogens (tertiary/aromatic N) is 1. The highest BCUT2D eigenvalue weighted by atomic mass is 16.4. The van der Waals surface area contributed by atoms with E-state index in [9.17, 15) is 9.90 Å². The number of fused-ring (bicyclic) bond motifs is 1. The fourth-order valence-electron chi connectivity index (χ4n) is 3.05.